The molecule has 1 aliphatic carbocycles. The molecule has 1 heterocycles. The monoisotopic (exact) mass is 526 g/mol. The number of aliphatic hydroxyl groups excluding tert-OH is 1. The summed E-state index contributed by atoms with van der Waals surface area (Å²) in [6.45, 7) is 2.26. The van der Waals surface area contributed by atoms with Crippen molar-refractivity contribution in [3.05, 3.63) is 82.0 Å². The number of ether oxygens (including phenoxy) is 1. The van der Waals surface area contributed by atoms with Gasteiger partial charge in [-0.2, -0.15) is 0 Å². The molecule has 2 N–H and O–H groups in total. The molecule has 190 valence electrons. The molecule has 1 aromatic heterocycles. The fourth-order valence-corrected chi connectivity index (χ4v) is 5.99. The summed E-state index contributed by atoms with van der Waals surface area (Å²) in [5.41, 5.74) is 3.55. The summed E-state index contributed by atoms with van der Waals surface area (Å²) in [4.78, 5) is 17.5. The Kier molecular flexibility index (Phi) is 8.55. The maximum Gasteiger partial charge on any atom is 0.226 e. The largest absolute Gasteiger partial charge is 0.481 e. The molecule has 2 aromatic carbocycles. The Balaban J connectivity index is 1.71. The van der Waals surface area contributed by atoms with Crippen LogP contribution >= 0.6 is 23.2 Å². The van der Waals surface area contributed by atoms with Crippen molar-refractivity contribution in [3.63, 3.8) is 0 Å². The number of pyridine rings is 1. The molecule has 0 saturated heterocycles. The lowest BCUT2D eigenvalue weighted by atomic mass is 9.60. The second kappa shape index (κ2) is 11.6. The van der Waals surface area contributed by atoms with Crippen molar-refractivity contribution < 1.29 is 14.6 Å². The van der Waals surface area contributed by atoms with Gasteiger partial charge in [0.1, 0.15) is 0 Å². The number of rotatable bonds is 8. The van der Waals surface area contributed by atoms with Gasteiger partial charge in [-0.25, -0.2) is 4.98 Å². The Hall–Kier alpha value is -2.60. The van der Waals surface area contributed by atoms with E-state index in [-0.39, 0.29) is 30.9 Å². The van der Waals surface area contributed by atoms with Gasteiger partial charge in [0, 0.05) is 33.8 Å². The molecule has 1 fully saturated rings. The van der Waals surface area contributed by atoms with E-state index in [2.05, 4.69) is 41.5 Å². The van der Waals surface area contributed by atoms with Crippen LogP contribution in [0.1, 0.15) is 55.6 Å². The summed E-state index contributed by atoms with van der Waals surface area (Å²) in [5, 5.41) is 13.5. The highest BCUT2D eigenvalue weighted by atomic mass is 35.5. The topological polar surface area (TPSA) is 71.5 Å². The van der Waals surface area contributed by atoms with Crippen molar-refractivity contribution in [1.82, 2.24) is 10.3 Å². The Morgan fingerprint density at radius 3 is 2.61 bits per heavy atom. The van der Waals surface area contributed by atoms with Crippen LogP contribution in [0.4, 0.5) is 0 Å². The number of methoxy groups -OCH3 is 1. The first kappa shape index (κ1) is 26.5. The van der Waals surface area contributed by atoms with Gasteiger partial charge >= 0.3 is 0 Å². The lowest BCUT2D eigenvalue weighted by Gasteiger charge is -2.44. The number of carbonyl (C=O) groups excluding carboxylic acids is 1. The van der Waals surface area contributed by atoms with Crippen LogP contribution in [-0.4, -0.2) is 36.3 Å². The van der Waals surface area contributed by atoms with Gasteiger partial charge in [-0.3, -0.25) is 4.79 Å². The molecule has 5 nitrogen and oxygen atoms in total. The Morgan fingerprint density at radius 2 is 1.94 bits per heavy atom. The minimum atomic E-state index is -0.495. The highest BCUT2D eigenvalue weighted by Crippen LogP contribution is 2.54. The van der Waals surface area contributed by atoms with E-state index in [1.54, 1.807) is 13.3 Å². The number of aliphatic hydroxyl groups is 1. The van der Waals surface area contributed by atoms with E-state index in [0.29, 0.717) is 22.3 Å². The number of nitrogens with one attached hydrogen (secondary N) is 1. The number of benzene rings is 2. The summed E-state index contributed by atoms with van der Waals surface area (Å²) in [7, 11) is 1.61. The number of aromatic nitrogens is 1. The molecule has 3 aromatic rings. The fraction of sp³-hybridized carbons (Fsp3) is 0.379. The second-order valence-corrected chi connectivity index (χ2v) is 10.3. The number of halogens is 2. The number of hydrogen-bond donors (Lipinski definition) is 2. The van der Waals surface area contributed by atoms with Gasteiger partial charge in [-0.15, -0.1) is 0 Å². The van der Waals surface area contributed by atoms with Crippen LogP contribution in [0.2, 0.25) is 10.0 Å². The maximum atomic E-state index is 13.2. The van der Waals surface area contributed by atoms with Crippen LogP contribution in [0.25, 0.3) is 11.1 Å². The standard InChI is InChI=1S/C29H32Cl2N2O3/c1-3-29(28(35)33-15-16-34)13-12-23(25(18-29)19-6-9-21(30)10-7-19)24-11-8-20(17-26(24)31)22-5-4-14-32-27(22)36-2/h4-11,14,17,23,25,34H,3,12-13,15-16,18H2,1-2H3,(H,33,35)/t23-,25-,29+/m0/s1. The van der Waals surface area contributed by atoms with Crippen molar-refractivity contribution in [3.8, 4) is 17.0 Å². The van der Waals surface area contributed by atoms with Gasteiger partial charge in [-0.1, -0.05) is 54.4 Å². The molecule has 7 heteroatoms. The molecule has 0 radical (unpaired) electrons. The zero-order valence-electron chi connectivity index (χ0n) is 20.6. The first-order valence-electron chi connectivity index (χ1n) is 12.4. The van der Waals surface area contributed by atoms with Gasteiger partial charge in [0.2, 0.25) is 11.8 Å². The molecular formula is C29H32Cl2N2O3. The third kappa shape index (κ3) is 5.39. The molecule has 1 aliphatic rings. The summed E-state index contributed by atoms with van der Waals surface area (Å²) in [5.74, 6) is 0.808. The second-order valence-electron chi connectivity index (χ2n) is 9.42. The van der Waals surface area contributed by atoms with E-state index >= 15 is 0 Å². The van der Waals surface area contributed by atoms with Crippen molar-refractivity contribution >= 4 is 29.1 Å². The molecule has 0 bridgehead atoms. The predicted molar refractivity (Wildman–Crippen MR) is 145 cm³/mol. The molecule has 0 unspecified atom stereocenters. The van der Waals surface area contributed by atoms with Crippen LogP contribution in [-0.2, 0) is 4.79 Å². The lowest BCUT2D eigenvalue weighted by molar-refractivity contribution is -0.134. The average molecular weight is 527 g/mol. The third-order valence-electron chi connectivity index (χ3n) is 7.56. The normalized spacial score (nSPS) is 21.7. The van der Waals surface area contributed by atoms with E-state index in [0.717, 1.165) is 41.5 Å². The molecule has 1 saturated carbocycles. The van der Waals surface area contributed by atoms with Crippen LogP contribution in [0.3, 0.4) is 0 Å². The zero-order chi connectivity index (χ0) is 25.7. The molecular weight excluding hydrogens is 495 g/mol. The number of hydrogen-bond acceptors (Lipinski definition) is 4. The summed E-state index contributed by atoms with van der Waals surface area (Å²) >= 11 is 13.1. The molecule has 0 aliphatic heterocycles. The SMILES string of the molecule is CC[C@@]1(C(=O)NCCO)CC[C@@H](c2ccc(-c3cccnc3OC)cc2Cl)[C@H](c2ccc(Cl)cc2)C1. The van der Waals surface area contributed by atoms with E-state index in [4.69, 9.17) is 27.9 Å². The number of nitrogens with zero attached hydrogens (tertiary/aromatic N) is 1. The van der Waals surface area contributed by atoms with Gasteiger partial charge in [0.25, 0.3) is 0 Å². The molecule has 36 heavy (non-hydrogen) atoms. The smallest absolute Gasteiger partial charge is 0.226 e. The van der Waals surface area contributed by atoms with Crippen molar-refractivity contribution in [2.24, 2.45) is 5.41 Å². The van der Waals surface area contributed by atoms with E-state index in [1.165, 1.54) is 0 Å². The fourth-order valence-electron chi connectivity index (χ4n) is 5.54. The summed E-state index contributed by atoms with van der Waals surface area (Å²) < 4.78 is 5.44. The average Bonchev–Trinajstić information content (AvgIpc) is 2.91. The molecule has 1 amide bonds. The van der Waals surface area contributed by atoms with Gasteiger partial charge < -0.3 is 15.2 Å². The highest BCUT2D eigenvalue weighted by molar-refractivity contribution is 6.31. The van der Waals surface area contributed by atoms with Crippen molar-refractivity contribution in [1.29, 1.82) is 0 Å². The van der Waals surface area contributed by atoms with Gasteiger partial charge in [-0.05, 0) is 84.5 Å². The summed E-state index contributed by atoms with van der Waals surface area (Å²) in [6.07, 6.45) is 4.71. The Labute approximate surface area is 222 Å². The minimum Gasteiger partial charge on any atom is -0.481 e. The van der Waals surface area contributed by atoms with Crippen LogP contribution in [0.15, 0.2) is 60.8 Å². The molecule has 4 rings (SSSR count). The Bertz CT molecular complexity index is 1200. The number of amides is 1. The number of carbonyl (C=O) groups is 1. The van der Waals surface area contributed by atoms with Crippen LogP contribution in [0, 0.1) is 5.41 Å². The molecule has 3 atom stereocenters. The van der Waals surface area contributed by atoms with Gasteiger partial charge in [0.15, 0.2) is 0 Å². The van der Waals surface area contributed by atoms with E-state index < -0.39 is 5.41 Å². The minimum absolute atomic E-state index is 0.0154. The van der Waals surface area contributed by atoms with E-state index in [9.17, 15) is 9.90 Å². The third-order valence-corrected chi connectivity index (χ3v) is 8.14. The van der Waals surface area contributed by atoms with Crippen LogP contribution < -0.4 is 10.1 Å². The highest BCUT2D eigenvalue weighted by Gasteiger charge is 2.45. The van der Waals surface area contributed by atoms with Crippen LogP contribution in [0.5, 0.6) is 5.88 Å². The first-order chi connectivity index (χ1) is 17.4. The first-order valence-corrected chi connectivity index (χ1v) is 13.1. The lowest BCUT2D eigenvalue weighted by Crippen LogP contribution is -2.45. The maximum absolute atomic E-state index is 13.2. The van der Waals surface area contributed by atoms with Gasteiger partial charge in [0.05, 0.1) is 13.7 Å². The molecule has 0 spiro atoms. The van der Waals surface area contributed by atoms with E-state index in [1.807, 2.05) is 30.3 Å². The zero-order valence-corrected chi connectivity index (χ0v) is 22.1. The van der Waals surface area contributed by atoms with Crippen molar-refractivity contribution in [2.75, 3.05) is 20.3 Å². The quantitative estimate of drug-likeness (QED) is 0.346. The Morgan fingerprint density at radius 1 is 1.17 bits per heavy atom. The van der Waals surface area contributed by atoms with Crippen molar-refractivity contribution in [2.45, 2.75) is 44.4 Å². The summed E-state index contributed by atoms with van der Waals surface area (Å²) in [6, 6.07) is 17.9. The predicted octanol–water partition coefficient (Wildman–Crippen LogP) is 6.62.